The Bertz CT molecular complexity index is 447. The number of hydrogen-bond donors (Lipinski definition) is 1. The molecule has 0 unspecified atom stereocenters. The largest absolute Gasteiger partial charge is 0.425 e. The second-order valence-electron chi connectivity index (χ2n) is 2.56. The standard InChI is InChI=1S/C6H4ClF3N4O2S/c7-3(15)2(4-12-5(11)17-14-4)13-16-1-6(8,9)10/h1H2,(H2,11,12,14)/b13-2-. The number of nitrogens with zero attached hydrogens (tertiary/aromatic N) is 3. The maximum Gasteiger partial charge on any atom is 0.425 e. The minimum Gasteiger partial charge on any atom is -0.385 e. The Kier molecular flexibility index (Phi) is 4.23. The van der Waals surface area contributed by atoms with Crippen LogP contribution in [0, 0.1) is 0 Å². The van der Waals surface area contributed by atoms with Crippen molar-refractivity contribution in [3.63, 3.8) is 0 Å². The Balaban J connectivity index is 2.80. The van der Waals surface area contributed by atoms with Crippen molar-refractivity contribution in [1.82, 2.24) is 9.36 Å². The first kappa shape index (κ1) is 13.6. The van der Waals surface area contributed by atoms with Gasteiger partial charge in [0.15, 0.2) is 5.13 Å². The van der Waals surface area contributed by atoms with Crippen LogP contribution in [0.15, 0.2) is 5.16 Å². The third-order valence-corrected chi connectivity index (χ3v) is 1.95. The molecule has 1 aromatic rings. The lowest BCUT2D eigenvalue weighted by Crippen LogP contribution is -2.18. The van der Waals surface area contributed by atoms with E-state index in [1.807, 2.05) is 0 Å². The monoisotopic (exact) mass is 288 g/mol. The van der Waals surface area contributed by atoms with Crippen LogP contribution >= 0.6 is 23.1 Å². The zero-order valence-corrected chi connectivity index (χ0v) is 9.44. The van der Waals surface area contributed by atoms with Crippen LogP contribution in [0.25, 0.3) is 0 Å². The molecule has 0 amide bonds. The van der Waals surface area contributed by atoms with Gasteiger partial charge >= 0.3 is 6.18 Å². The molecule has 0 bridgehead atoms. The maximum absolute atomic E-state index is 11.8. The van der Waals surface area contributed by atoms with Gasteiger partial charge in [0.05, 0.1) is 0 Å². The van der Waals surface area contributed by atoms with Crippen molar-refractivity contribution in [1.29, 1.82) is 0 Å². The van der Waals surface area contributed by atoms with Crippen molar-refractivity contribution in [2.75, 3.05) is 12.3 Å². The van der Waals surface area contributed by atoms with Crippen LogP contribution in [0.2, 0.25) is 0 Å². The van der Waals surface area contributed by atoms with Gasteiger partial charge in [-0.05, 0) is 11.6 Å². The smallest absolute Gasteiger partial charge is 0.385 e. The van der Waals surface area contributed by atoms with E-state index in [0.29, 0.717) is 0 Å². The molecule has 0 atom stereocenters. The molecule has 1 rings (SSSR count). The fraction of sp³-hybridized carbons (Fsp3) is 0.333. The lowest BCUT2D eigenvalue weighted by molar-refractivity contribution is -0.173. The van der Waals surface area contributed by atoms with E-state index in [1.54, 1.807) is 0 Å². The van der Waals surface area contributed by atoms with Crippen LogP contribution in [-0.4, -0.2) is 33.1 Å². The second-order valence-corrected chi connectivity index (χ2v) is 3.69. The number of rotatable bonds is 4. The number of anilines is 1. The van der Waals surface area contributed by atoms with Crippen molar-refractivity contribution in [3.05, 3.63) is 5.82 Å². The van der Waals surface area contributed by atoms with E-state index in [4.69, 9.17) is 17.3 Å². The predicted molar refractivity (Wildman–Crippen MR) is 53.7 cm³/mol. The number of carbonyl (C=O) groups is 1. The lowest BCUT2D eigenvalue weighted by Gasteiger charge is -2.03. The van der Waals surface area contributed by atoms with Crippen LogP contribution in [-0.2, 0) is 9.63 Å². The molecular formula is C6H4ClF3N4O2S. The van der Waals surface area contributed by atoms with Gasteiger partial charge in [0.1, 0.15) is 0 Å². The first-order valence-electron chi connectivity index (χ1n) is 3.85. The number of aromatic nitrogens is 2. The Morgan fingerprint density at radius 3 is 2.65 bits per heavy atom. The zero-order chi connectivity index (χ0) is 13.1. The normalized spacial score (nSPS) is 12.6. The van der Waals surface area contributed by atoms with Gasteiger partial charge in [-0.2, -0.15) is 22.5 Å². The van der Waals surface area contributed by atoms with Gasteiger partial charge in [-0.1, -0.05) is 5.16 Å². The van der Waals surface area contributed by atoms with Gasteiger partial charge in [0, 0.05) is 11.5 Å². The highest BCUT2D eigenvalue weighted by Gasteiger charge is 2.29. The summed E-state index contributed by atoms with van der Waals surface area (Å²) in [6.45, 7) is -1.65. The van der Waals surface area contributed by atoms with Crippen LogP contribution in [0.4, 0.5) is 18.3 Å². The van der Waals surface area contributed by atoms with Crippen molar-refractivity contribution in [3.8, 4) is 0 Å². The Hall–Kier alpha value is -1.42. The summed E-state index contributed by atoms with van der Waals surface area (Å²) in [4.78, 5) is 18.3. The molecule has 1 heterocycles. The summed E-state index contributed by atoms with van der Waals surface area (Å²) < 4.78 is 38.8. The summed E-state index contributed by atoms with van der Waals surface area (Å²) in [5.74, 6) is -0.283. The van der Waals surface area contributed by atoms with Crippen molar-refractivity contribution >= 4 is 39.2 Å². The summed E-state index contributed by atoms with van der Waals surface area (Å²) >= 11 is 5.83. The third-order valence-electron chi connectivity index (χ3n) is 1.22. The molecule has 11 heteroatoms. The fourth-order valence-electron chi connectivity index (χ4n) is 0.666. The van der Waals surface area contributed by atoms with E-state index >= 15 is 0 Å². The third kappa shape index (κ3) is 4.53. The molecule has 0 radical (unpaired) electrons. The number of carbonyl (C=O) groups excluding carboxylic acids is 1. The molecule has 0 saturated carbocycles. The van der Waals surface area contributed by atoms with Crippen molar-refractivity contribution in [2.45, 2.75) is 6.18 Å². The number of nitrogen functional groups attached to an aromatic ring is 1. The number of halogens is 4. The predicted octanol–water partition coefficient (Wildman–Crippen LogP) is 1.17. The maximum atomic E-state index is 11.8. The average molecular weight is 289 g/mol. The first-order chi connectivity index (χ1) is 7.79. The summed E-state index contributed by atoms with van der Waals surface area (Å²) in [5, 5.41) is 1.80. The van der Waals surface area contributed by atoms with Crippen LogP contribution in [0.1, 0.15) is 5.82 Å². The molecule has 0 spiro atoms. The van der Waals surface area contributed by atoms with Crippen molar-refractivity contribution < 1.29 is 22.8 Å². The second kappa shape index (κ2) is 5.27. The summed E-state index contributed by atoms with van der Waals surface area (Å²) in [7, 11) is 0. The topological polar surface area (TPSA) is 90.5 Å². The molecule has 0 aromatic carbocycles. The quantitative estimate of drug-likeness (QED) is 0.510. The summed E-state index contributed by atoms with van der Waals surface area (Å²) in [6, 6.07) is 0. The van der Waals surface area contributed by atoms with E-state index in [-0.39, 0.29) is 11.0 Å². The fourth-order valence-corrected chi connectivity index (χ4v) is 1.22. The molecule has 0 aliphatic carbocycles. The molecule has 0 aliphatic rings. The lowest BCUT2D eigenvalue weighted by atomic mass is 10.4. The summed E-state index contributed by atoms with van der Waals surface area (Å²) in [6.07, 6.45) is -4.57. The average Bonchev–Trinajstić information content (AvgIpc) is 2.57. The minimum absolute atomic E-state index is 0.0152. The van der Waals surface area contributed by atoms with Gasteiger partial charge in [-0.3, -0.25) is 4.79 Å². The molecule has 6 nitrogen and oxygen atoms in total. The number of oxime groups is 1. The molecule has 17 heavy (non-hydrogen) atoms. The summed E-state index contributed by atoms with van der Waals surface area (Å²) in [5.41, 5.74) is 4.59. The van der Waals surface area contributed by atoms with E-state index in [0.717, 1.165) is 11.5 Å². The van der Waals surface area contributed by atoms with Crippen LogP contribution in [0.5, 0.6) is 0 Å². The van der Waals surface area contributed by atoms with Crippen molar-refractivity contribution in [2.24, 2.45) is 5.16 Å². The number of hydrogen-bond acceptors (Lipinski definition) is 7. The van der Waals surface area contributed by atoms with E-state index in [1.165, 1.54) is 0 Å². The molecule has 0 saturated heterocycles. The molecule has 94 valence electrons. The SMILES string of the molecule is Nc1nc(/C(=N\OCC(F)(F)F)C(=O)Cl)ns1. The van der Waals surface area contributed by atoms with Gasteiger partial charge in [0.2, 0.25) is 18.1 Å². The van der Waals surface area contributed by atoms with Crippen LogP contribution in [0.3, 0.4) is 0 Å². The van der Waals surface area contributed by atoms with Gasteiger partial charge < -0.3 is 10.6 Å². The highest BCUT2D eigenvalue weighted by atomic mass is 35.5. The number of nitrogens with two attached hydrogens (primary N) is 1. The number of alkyl halides is 3. The highest BCUT2D eigenvalue weighted by molar-refractivity contribution is 7.09. The molecule has 0 aliphatic heterocycles. The molecule has 2 N–H and O–H groups in total. The highest BCUT2D eigenvalue weighted by Crippen LogP contribution is 2.15. The van der Waals surface area contributed by atoms with E-state index in [9.17, 15) is 18.0 Å². The molecular weight excluding hydrogens is 285 g/mol. The Morgan fingerprint density at radius 2 is 2.24 bits per heavy atom. The molecule has 0 fully saturated rings. The van der Waals surface area contributed by atoms with E-state index in [2.05, 4.69) is 19.4 Å². The Morgan fingerprint density at radius 1 is 1.59 bits per heavy atom. The van der Waals surface area contributed by atoms with E-state index < -0.39 is 23.7 Å². The zero-order valence-electron chi connectivity index (χ0n) is 7.86. The van der Waals surface area contributed by atoms with Gasteiger partial charge in [0.25, 0.3) is 5.24 Å². The molecule has 1 aromatic heterocycles. The van der Waals surface area contributed by atoms with Gasteiger partial charge in [-0.15, -0.1) is 0 Å². The van der Waals surface area contributed by atoms with Gasteiger partial charge in [-0.25, -0.2) is 0 Å². The Labute approximate surface area is 101 Å². The first-order valence-corrected chi connectivity index (χ1v) is 5.01. The van der Waals surface area contributed by atoms with Crippen LogP contribution < -0.4 is 5.73 Å². The minimum atomic E-state index is -4.57.